The third-order valence-corrected chi connectivity index (χ3v) is 4.75. The van der Waals surface area contributed by atoms with Gasteiger partial charge in [-0.1, -0.05) is 12.1 Å². The lowest BCUT2D eigenvalue weighted by molar-refractivity contribution is -0.137. The third kappa shape index (κ3) is 4.76. The lowest BCUT2D eigenvalue weighted by Gasteiger charge is -2.12. The number of rotatable bonds is 4. The largest absolute Gasteiger partial charge is 0.416 e. The molecule has 3 aromatic rings. The van der Waals surface area contributed by atoms with Gasteiger partial charge in [0.15, 0.2) is 0 Å². The Morgan fingerprint density at radius 2 is 1.70 bits per heavy atom. The highest BCUT2D eigenvalue weighted by Crippen LogP contribution is 2.30. The number of alkyl halides is 3. The molecule has 0 aliphatic rings. The van der Waals surface area contributed by atoms with Crippen LogP contribution in [0.2, 0.25) is 0 Å². The Bertz CT molecular complexity index is 1170. The number of aromatic nitrogens is 2. The van der Waals surface area contributed by atoms with Crippen LogP contribution in [0.4, 0.5) is 18.9 Å². The fourth-order valence-electron chi connectivity index (χ4n) is 3.05. The third-order valence-electron chi connectivity index (χ3n) is 4.75. The molecule has 0 atom stereocenters. The lowest BCUT2D eigenvalue weighted by atomic mass is 9.99. The monoisotopic (exact) mass is 415 g/mol. The molecule has 0 spiro atoms. The molecule has 8 heteroatoms. The molecule has 0 unspecified atom stereocenters. The quantitative estimate of drug-likeness (QED) is 0.683. The van der Waals surface area contributed by atoms with Crippen LogP contribution >= 0.6 is 0 Å². The lowest BCUT2D eigenvalue weighted by Crippen LogP contribution is -2.29. The normalized spacial score (nSPS) is 11.4. The van der Waals surface area contributed by atoms with Crippen LogP contribution in [0, 0.1) is 20.8 Å². The molecule has 2 aromatic carbocycles. The van der Waals surface area contributed by atoms with Gasteiger partial charge in [-0.2, -0.15) is 18.3 Å². The Morgan fingerprint density at radius 1 is 1.00 bits per heavy atom. The van der Waals surface area contributed by atoms with E-state index in [2.05, 4.69) is 10.4 Å². The number of carbonyl (C=O) groups excluding carboxylic acids is 1. The van der Waals surface area contributed by atoms with Crippen molar-refractivity contribution < 1.29 is 18.0 Å². The van der Waals surface area contributed by atoms with E-state index >= 15 is 0 Å². The molecular formula is C22H20F3N3O2. The Balaban J connectivity index is 1.84. The van der Waals surface area contributed by atoms with Crippen molar-refractivity contribution in [2.45, 2.75) is 33.5 Å². The van der Waals surface area contributed by atoms with E-state index in [1.165, 1.54) is 18.2 Å². The predicted molar refractivity (Wildman–Crippen MR) is 108 cm³/mol. The summed E-state index contributed by atoms with van der Waals surface area (Å²) < 4.78 is 39.5. The van der Waals surface area contributed by atoms with Crippen molar-refractivity contribution in [3.05, 3.63) is 81.1 Å². The molecule has 0 saturated carbocycles. The van der Waals surface area contributed by atoms with Crippen molar-refractivity contribution >= 4 is 11.6 Å². The first-order valence-electron chi connectivity index (χ1n) is 9.18. The second-order valence-electron chi connectivity index (χ2n) is 7.09. The molecule has 0 aliphatic heterocycles. The minimum atomic E-state index is -4.52. The summed E-state index contributed by atoms with van der Waals surface area (Å²) in [5.74, 6) is -0.655. The maximum atomic E-state index is 12.8. The number of carbonyl (C=O) groups is 1. The molecule has 0 aliphatic carbocycles. The van der Waals surface area contributed by atoms with Gasteiger partial charge in [0.25, 0.3) is 5.56 Å². The average molecular weight is 415 g/mol. The molecule has 1 amide bonds. The zero-order valence-electron chi connectivity index (χ0n) is 16.7. The van der Waals surface area contributed by atoms with E-state index in [9.17, 15) is 22.8 Å². The smallest absolute Gasteiger partial charge is 0.324 e. The van der Waals surface area contributed by atoms with Gasteiger partial charge in [0.1, 0.15) is 6.54 Å². The number of benzene rings is 2. The second-order valence-corrected chi connectivity index (χ2v) is 7.09. The number of aryl methyl sites for hydroxylation is 3. The molecule has 1 N–H and O–H groups in total. The maximum Gasteiger partial charge on any atom is 0.416 e. The Kier molecular flexibility index (Phi) is 5.78. The van der Waals surface area contributed by atoms with Crippen LogP contribution in [0.15, 0.2) is 53.3 Å². The van der Waals surface area contributed by atoms with Crippen LogP contribution in [-0.2, 0) is 17.5 Å². The molecule has 0 bridgehead atoms. The molecule has 1 heterocycles. The first-order chi connectivity index (χ1) is 14.0. The summed E-state index contributed by atoms with van der Waals surface area (Å²) in [5.41, 5.74) is 3.17. The van der Waals surface area contributed by atoms with Crippen LogP contribution < -0.4 is 10.9 Å². The number of nitrogens with one attached hydrogen (secondary N) is 1. The van der Waals surface area contributed by atoms with Gasteiger partial charge in [-0.15, -0.1) is 0 Å². The van der Waals surface area contributed by atoms with Crippen LogP contribution in [0.5, 0.6) is 0 Å². The highest BCUT2D eigenvalue weighted by atomic mass is 19.4. The van der Waals surface area contributed by atoms with E-state index in [0.717, 1.165) is 39.1 Å². The van der Waals surface area contributed by atoms with Crippen molar-refractivity contribution in [1.29, 1.82) is 0 Å². The first kappa shape index (κ1) is 21.3. The van der Waals surface area contributed by atoms with Crippen LogP contribution in [0.25, 0.3) is 11.3 Å². The van der Waals surface area contributed by atoms with Crippen LogP contribution in [0.1, 0.15) is 22.3 Å². The molecule has 30 heavy (non-hydrogen) atoms. The SMILES string of the molecule is Cc1cc(C)c(-c2ccc(=O)n(CC(=O)Nc3cccc(C(F)(F)F)c3)n2)cc1C. The molecule has 0 saturated heterocycles. The Labute approximate surface area is 171 Å². The van der Waals surface area contributed by atoms with Crippen molar-refractivity contribution in [2.24, 2.45) is 0 Å². The van der Waals surface area contributed by atoms with Gasteiger partial charge in [-0.3, -0.25) is 9.59 Å². The summed E-state index contributed by atoms with van der Waals surface area (Å²) in [6, 6.07) is 11.2. The van der Waals surface area contributed by atoms with Gasteiger partial charge < -0.3 is 5.32 Å². The number of halogens is 3. The van der Waals surface area contributed by atoms with Gasteiger partial charge in [0, 0.05) is 17.3 Å². The summed E-state index contributed by atoms with van der Waals surface area (Å²) in [4.78, 5) is 24.5. The van der Waals surface area contributed by atoms with Crippen molar-refractivity contribution in [3.8, 4) is 11.3 Å². The van der Waals surface area contributed by atoms with E-state index in [4.69, 9.17) is 0 Å². The summed E-state index contributed by atoms with van der Waals surface area (Å²) in [5, 5.41) is 6.65. The van der Waals surface area contributed by atoms with E-state index in [1.807, 2.05) is 32.9 Å². The highest BCUT2D eigenvalue weighted by Gasteiger charge is 2.30. The minimum Gasteiger partial charge on any atom is -0.324 e. The van der Waals surface area contributed by atoms with Crippen molar-refractivity contribution in [1.82, 2.24) is 9.78 Å². The standard InChI is InChI=1S/C22H20F3N3O2/c1-13-9-15(3)18(10-14(13)2)19-7-8-21(30)28(27-19)12-20(29)26-17-6-4-5-16(11-17)22(23,24)25/h4-11H,12H2,1-3H3,(H,26,29). The van der Waals surface area contributed by atoms with E-state index in [-0.39, 0.29) is 5.69 Å². The van der Waals surface area contributed by atoms with Crippen molar-refractivity contribution in [3.63, 3.8) is 0 Å². The molecular weight excluding hydrogens is 395 g/mol. The predicted octanol–water partition coefficient (Wildman–Crippen LogP) is 4.49. The minimum absolute atomic E-state index is 0.0102. The van der Waals surface area contributed by atoms with Crippen LogP contribution in [-0.4, -0.2) is 15.7 Å². The maximum absolute atomic E-state index is 12.8. The van der Waals surface area contributed by atoms with Gasteiger partial charge in [-0.05, 0) is 67.8 Å². The van der Waals surface area contributed by atoms with Gasteiger partial charge >= 0.3 is 6.18 Å². The summed E-state index contributed by atoms with van der Waals surface area (Å²) >= 11 is 0. The fraction of sp³-hybridized carbons (Fsp3) is 0.227. The zero-order chi connectivity index (χ0) is 22.1. The highest BCUT2D eigenvalue weighted by molar-refractivity contribution is 5.90. The van der Waals surface area contributed by atoms with Gasteiger partial charge in [0.05, 0.1) is 11.3 Å². The van der Waals surface area contributed by atoms with Gasteiger partial charge in [-0.25, -0.2) is 4.68 Å². The molecule has 0 radical (unpaired) electrons. The first-order valence-corrected chi connectivity index (χ1v) is 9.18. The zero-order valence-corrected chi connectivity index (χ0v) is 16.7. The van der Waals surface area contributed by atoms with E-state index in [0.29, 0.717) is 5.69 Å². The Morgan fingerprint density at radius 3 is 2.40 bits per heavy atom. The van der Waals surface area contributed by atoms with E-state index in [1.54, 1.807) is 6.07 Å². The number of nitrogens with zero attached hydrogens (tertiary/aromatic N) is 2. The number of anilines is 1. The van der Waals surface area contributed by atoms with Crippen molar-refractivity contribution in [2.75, 3.05) is 5.32 Å². The number of hydrogen-bond acceptors (Lipinski definition) is 3. The summed E-state index contributed by atoms with van der Waals surface area (Å²) in [6.07, 6.45) is -4.52. The molecule has 0 fully saturated rings. The summed E-state index contributed by atoms with van der Waals surface area (Å²) in [7, 11) is 0. The van der Waals surface area contributed by atoms with Gasteiger partial charge in [0.2, 0.25) is 5.91 Å². The van der Waals surface area contributed by atoms with E-state index < -0.39 is 29.8 Å². The molecule has 3 rings (SSSR count). The van der Waals surface area contributed by atoms with Crippen LogP contribution in [0.3, 0.4) is 0 Å². The summed E-state index contributed by atoms with van der Waals surface area (Å²) in [6.45, 7) is 5.47. The topological polar surface area (TPSA) is 64.0 Å². The average Bonchev–Trinajstić information content (AvgIpc) is 2.66. The molecule has 5 nitrogen and oxygen atoms in total. The molecule has 1 aromatic heterocycles. The number of hydrogen-bond donors (Lipinski definition) is 1. The second kappa shape index (κ2) is 8.14. The fourth-order valence-corrected chi connectivity index (χ4v) is 3.05. The number of amides is 1. The molecule has 156 valence electrons. The Hall–Kier alpha value is -3.42.